The molecule has 3 rings (SSSR count). The Kier molecular flexibility index (Phi) is 3.66. The Hall–Kier alpha value is -1.55. The third kappa shape index (κ3) is 2.31. The minimum absolute atomic E-state index is 0.174. The van der Waals surface area contributed by atoms with Crippen LogP contribution in [0.25, 0.3) is 0 Å². The van der Waals surface area contributed by atoms with Gasteiger partial charge in [-0.3, -0.25) is 9.69 Å². The molecule has 2 aliphatic heterocycles. The summed E-state index contributed by atoms with van der Waals surface area (Å²) in [7, 11) is 1.69. The zero-order chi connectivity index (χ0) is 15.1. The molecule has 0 radical (unpaired) electrons. The number of ether oxygens (including phenoxy) is 1. The molecule has 4 nitrogen and oxygen atoms in total. The topological polar surface area (TPSA) is 49.8 Å². The first-order chi connectivity index (χ1) is 10.0. The first-order valence-electron chi connectivity index (χ1n) is 7.67. The first kappa shape index (κ1) is 14.4. The highest BCUT2D eigenvalue weighted by molar-refractivity contribution is 5.71. The van der Waals surface area contributed by atoms with Gasteiger partial charge in [-0.05, 0) is 39.2 Å². The van der Waals surface area contributed by atoms with Crippen molar-refractivity contribution in [2.45, 2.75) is 51.2 Å². The number of aliphatic carboxylic acids is 1. The van der Waals surface area contributed by atoms with Crippen LogP contribution in [0.1, 0.15) is 43.4 Å². The average molecular weight is 289 g/mol. The fourth-order valence-electron chi connectivity index (χ4n) is 4.24. The van der Waals surface area contributed by atoms with Gasteiger partial charge in [-0.15, -0.1) is 0 Å². The van der Waals surface area contributed by atoms with Gasteiger partial charge >= 0.3 is 5.97 Å². The molecule has 2 heterocycles. The van der Waals surface area contributed by atoms with Gasteiger partial charge in [-0.1, -0.05) is 17.7 Å². The van der Waals surface area contributed by atoms with Crippen molar-refractivity contribution < 1.29 is 14.6 Å². The number of fused-ring (bicyclic) bond motifs is 2. The molecule has 1 aromatic rings. The Morgan fingerprint density at radius 2 is 2.19 bits per heavy atom. The van der Waals surface area contributed by atoms with E-state index in [1.54, 1.807) is 7.11 Å². The van der Waals surface area contributed by atoms with Crippen molar-refractivity contribution in [3.05, 3.63) is 29.3 Å². The summed E-state index contributed by atoms with van der Waals surface area (Å²) in [6.07, 6.45) is 2.91. The highest BCUT2D eigenvalue weighted by Crippen LogP contribution is 2.47. The number of nitrogens with zero attached hydrogens (tertiary/aromatic N) is 1. The van der Waals surface area contributed by atoms with Crippen molar-refractivity contribution in [2.24, 2.45) is 5.92 Å². The van der Waals surface area contributed by atoms with Crippen molar-refractivity contribution in [3.8, 4) is 5.75 Å². The van der Waals surface area contributed by atoms with Crippen LogP contribution in [-0.4, -0.2) is 35.2 Å². The standard InChI is InChI=1S/C17H23NO3/c1-10-4-7-16(21-3)13(8-10)11(2)18-12-5-6-15(18)14(9-12)17(19)20/h4,7-8,11-12,14-15H,5-6,9H2,1-3H3,(H,19,20). The van der Waals surface area contributed by atoms with Crippen LogP contribution in [0.4, 0.5) is 0 Å². The van der Waals surface area contributed by atoms with Crippen molar-refractivity contribution in [1.82, 2.24) is 4.90 Å². The number of methoxy groups -OCH3 is 1. The summed E-state index contributed by atoms with van der Waals surface area (Å²) in [4.78, 5) is 13.8. The molecule has 0 spiro atoms. The summed E-state index contributed by atoms with van der Waals surface area (Å²) < 4.78 is 5.50. The number of carboxylic acids is 1. The molecule has 4 atom stereocenters. The summed E-state index contributed by atoms with van der Waals surface area (Å²) in [6.45, 7) is 4.25. The van der Waals surface area contributed by atoms with Gasteiger partial charge in [0.15, 0.2) is 0 Å². The summed E-state index contributed by atoms with van der Waals surface area (Å²) in [5, 5.41) is 9.40. The number of hydrogen-bond acceptors (Lipinski definition) is 3. The lowest BCUT2D eigenvalue weighted by atomic mass is 9.89. The lowest BCUT2D eigenvalue weighted by molar-refractivity contribution is -0.142. The van der Waals surface area contributed by atoms with Crippen molar-refractivity contribution in [2.75, 3.05) is 7.11 Å². The van der Waals surface area contributed by atoms with Crippen LogP contribution < -0.4 is 4.74 Å². The molecule has 0 aliphatic carbocycles. The predicted octanol–water partition coefficient (Wildman–Crippen LogP) is 3.00. The molecule has 114 valence electrons. The van der Waals surface area contributed by atoms with Gasteiger partial charge in [0, 0.05) is 23.7 Å². The smallest absolute Gasteiger partial charge is 0.308 e. The zero-order valence-electron chi connectivity index (χ0n) is 12.9. The Bertz CT molecular complexity index is 557. The second kappa shape index (κ2) is 5.34. The highest BCUT2D eigenvalue weighted by Gasteiger charge is 2.51. The molecule has 0 aromatic heterocycles. The summed E-state index contributed by atoms with van der Waals surface area (Å²) in [5.74, 6) is 0.0453. The van der Waals surface area contributed by atoms with Crippen LogP contribution in [0, 0.1) is 12.8 Å². The maximum atomic E-state index is 11.4. The molecule has 1 N–H and O–H groups in total. The van der Waals surface area contributed by atoms with Crippen LogP contribution in [0.2, 0.25) is 0 Å². The van der Waals surface area contributed by atoms with E-state index >= 15 is 0 Å². The van der Waals surface area contributed by atoms with E-state index in [-0.39, 0.29) is 18.0 Å². The van der Waals surface area contributed by atoms with E-state index in [0.29, 0.717) is 6.04 Å². The van der Waals surface area contributed by atoms with Crippen LogP contribution in [0.15, 0.2) is 18.2 Å². The molecule has 4 unspecified atom stereocenters. The van der Waals surface area contributed by atoms with E-state index < -0.39 is 5.97 Å². The van der Waals surface area contributed by atoms with Crippen molar-refractivity contribution in [1.29, 1.82) is 0 Å². The molecule has 1 aromatic carbocycles. The van der Waals surface area contributed by atoms with Crippen molar-refractivity contribution in [3.63, 3.8) is 0 Å². The number of benzene rings is 1. The van der Waals surface area contributed by atoms with E-state index in [2.05, 4.69) is 24.8 Å². The van der Waals surface area contributed by atoms with Crippen LogP contribution in [0.5, 0.6) is 5.75 Å². The molecule has 0 saturated carbocycles. The summed E-state index contributed by atoms with van der Waals surface area (Å²) in [6, 6.07) is 6.99. The number of carboxylic acid groups (broad SMARTS) is 1. The largest absolute Gasteiger partial charge is 0.496 e. The molecular weight excluding hydrogens is 266 g/mol. The maximum Gasteiger partial charge on any atom is 0.308 e. The van der Waals surface area contributed by atoms with Gasteiger partial charge in [0.05, 0.1) is 13.0 Å². The molecule has 21 heavy (non-hydrogen) atoms. The molecule has 4 heteroatoms. The van der Waals surface area contributed by atoms with Gasteiger partial charge in [0.1, 0.15) is 5.75 Å². The second-order valence-corrected chi connectivity index (χ2v) is 6.35. The Labute approximate surface area is 125 Å². The van der Waals surface area contributed by atoms with Crippen LogP contribution in [0.3, 0.4) is 0 Å². The normalized spacial score (nSPS) is 29.6. The molecule has 2 bridgehead atoms. The Balaban J connectivity index is 1.91. The van der Waals surface area contributed by atoms with E-state index in [9.17, 15) is 9.90 Å². The summed E-state index contributed by atoms with van der Waals surface area (Å²) in [5.41, 5.74) is 2.37. The monoisotopic (exact) mass is 289 g/mol. The minimum atomic E-state index is -0.643. The fourth-order valence-corrected chi connectivity index (χ4v) is 4.24. The first-order valence-corrected chi connectivity index (χ1v) is 7.67. The Morgan fingerprint density at radius 3 is 2.81 bits per heavy atom. The third-order valence-corrected chi connectivity index (χ3v) is 5.19. The third-order valence-electron chi connectivity index (χ3n) is 5.19. The number of carbonyl (C=O) groups is 1. The van der Waals surface area contributed by atoms with Gasteiger partial charge in [-0.2, -0.15) is 0 Å². The quantitative estimate of drug-likeness (QED) is 0.925. The van der Waals surface area contributed by atoms with Crippen LogP contribution in [-0.2, 0) is 4.79 Å². The molecule has 0 amide bonds. The van der Waals surface area contributed by atoms with E-state index in [1.807, 2.05) is 12.1 Å². The van der Waals surface area contributed by atoms with E-state index in [4.69, 9.17) is 4.74 Å². The zero-order valence-corrected chi connectivity index (χ0v) is 12.9. The maximum absolute atomic E-state index is 11.4. The van der Waals surface area contributed by atoms with Crippen molar-refractivity contribution >= 4 is 5.97 Å². The molecule has 2 aliphatic rings. The average Bonchev–Trinajstić information content (AvgIpc) is 3.04. The van der Waals surface area contributed by atoms with Crippen LogP contribution >= 0.6 is 0 Å². The molecular formula is C17H23NO3. The second-order valence-electron chi connectivity index (χ2n) is 6.35. The SMILES string of the molecule is COc1ccc(C)cc1C(C)N1C2CCC1C(C(=O)O)C2. The lowest BCUT2D eigenvalue weighted by Crippen LogP contribution is -2.35. The van der Waals surface area contributed by atoms with Gasteiger partial charge in [0.2, 0.25) is 0 Å². The number of rotatable bonds is 4. The lowest BCUT2D eigenvalue weighted by Gasteiger charge is -2.31. The van der Waals surface area contributed by atoms with Gasteiger partial charge < -0.3 is 9.84 Å². The minimum Gasteiger partial charge on any atom is -0.496 e. The molecule has 2 fully saturated rings. The summed E-state index contributed by atoms with van der Waals surface area (Å²) >= 11 is 0. The molecule has 2 saturated heterocycles. The van der Waals surface area contributed by atoms with Gasteiger partial charge in [0.25, 0.3) is 0 Å². The number of hydrogen-bond donors (Lipinski definition) is 1. The Morgan fingerprint density at radius 1 is 1.43 bits per heavy atom. The van der Waals surface area contributed by atoms with E-state index in [0.717, 1.165) is 25.0 Å². The highest BCUT2D eigenvalue weighted by atomic mass is 16.5. The fraction of sp³-hybridized carbons (Fsp3) is 0.588. The predicted molar refractivity (Wildman–Crippen MR) is 80.5 cm³/mol. The van der Waals surface area contributed by atoms with E-state index in [1.165, 1.54) is 11.1 Å². The van der Waals surface area contributed by atoms with Gasteiger partial charge in [-0.25, -0.2) is 0 Å². The number of aryl methyl sites for hydroxylation is 1.